The van der Waals surface area contributed by atoms with E-state index in [0.29, 0.717) is 0 Å². The van der Waals surface area contributed by atoms with Gasteiger partial charge in [0.2, 0.25) is 11.4 Å². The minimum absolute atomic E-state index is 0.808. The lowest BCUT2D eigenvalue weighted by atomic mass is 9.80. The maximum Gasteiger partial charge on any atom is 0.378 e. The Labute approximate surface area is 129 Å². The van der Waals surface area contributed by atoms with Gasteiger partial charge >= 0.3 is 5.97 Å². The lowest BCUT2D eigenvalue weighted by Crippen LogP contribution is -2.69. The smallest absolute Gasteiger partial charge is 0.378 e. The molecule has 2 aliphatic rings. The van der Waals surface area contributed by atoms with Gasteiger partial charge in [0.25, 0.3) is 0 Å². The predicted octanol–water partition coefficient (Wildman–Crippen LogP) is -4.19. The summed E-state index contributed by atoms with van der Waals surface area (Å²) in [6.45, 7) is -1.88. The van der Waals surface area contributed by atoms with Gasteiger partial charge in [-0.3, -0.25) is 0 Å². The van der Waals surface area contributed by atoms with Crippen molar-refractivity contribution in [2.75, 3.05) is 13.2 Å². The van der Waals surface area contributed by atoms with Crippen LogP contribution in [-0.2, 0) is 14.3 Å². The zero-order valence-corrected chi connectivity index (χ0v) is 11.7. The van der Waals surface area contributed by atoms with Crippen LogP contribution in [-0.4, -0.2) is 102 Å². The van der Waals surface area contributed by atoms with E-state index in [2.05, 4.69) is 0 Å². The second kappa shape index (κ2) is 6.20. The van der Waals surface area contributed by atoms with Crippen molar-refractivity contribution in [1.82, 2.24) is 0 Å². The topological polar surface area (TPSA) is 197 Å². The first-order chi connectivity index (χ1) is 10.7. The first-order valence-electron chi connectivity index (χ1n) is 6.67. The highest BCUT2D eigenvalue weighted by Crippen LogP contribution is 2.42. The maximum atomic E-state index is 11.5. The molecule has 2 rings (SSSR count). The molecule has 0 radical (unpaired) electrons. The molecule has 0 aliphatic carbocycles. The van der Waals surface area contributed by atoms with E-state index in [0.717, 1.165) is 0 Å². The largest absolute Gasteiger partial charge is 0.505 e. The number of carbonyl (C=O) groups excluding carboxylic acids is 1. The van der Waals surface area contributed by atoms with E-state index in [1.54, 1.807) is 0 Å². The Hall–Kier alpha value is -1.47. The molecule has 1 saturated heterocycles. The molecule has 2 aliphatic heterocycles. The van der Waals surface area contributed by atoms with E-state index in [4.69, 9.17) is 19.7 Å². The molecule has 0 spiro atoms. The molecule has 0 amide bonds. The Balaban J connectivity index is 2.51. The molecule has 0 aromatic rings. The summed E-state index contributed by atoms with van der Waals surface area (Å²) < 4.78 is 9.87. The molecular formula is C12H18O11. The van der Waals surface area contributed by atoms with E-state index >= 15 is 0 Å². The maximum absolute atomic E-state index is 11.5. The number of aliphatic hydroxyl groups is 8. The van der Waals surface area contributed by atoms with Gasteiger partial charge in [0.05, 0.1) is 13.2 Å². The fourth-order valence-corrected chi connectivity index (χ4v) is 2.73. The first kappa shape index (κ1) is 17.9. The van der Waals surface area contributed by atoms with Crippen LogP contribution < -0.4 is 0 Å². The number of carbonyl (C=O) groups is 1. The minimum atomic E-state index is -2.62. The van der Waals surface area contributed by atoms with Crippen molar-refractivity contribution in [3.8, 4) is 0 Å². The lowest BCUT2D eigenvalue weighted by molar-refractivity contribution is -0.283. The van der Waals surface area contributed by atoms with Crippen molar-refractivity contribution in [3.05, 3.63) is 11.5 Å². The monoisotopic (exact) mass is 338 g/mol. The predicted molar refractivity (Wildman–Crippen MR) is 68.0 cm³/mol. The standard InChI is InChI=1S/C12H18O11/c13-1-3-5(16)6(17)7(18)10(22-3)12(4(15)2-14)9(20)8(19)11(21)23-12/h3-7,10,13-20H,1-2H2/t3-,4+,5+,6+,7-,10?,12-/m1/s1. The van der Waals surface area contributed by atoms with E-state index < -0.39 is 72.9 Å². The Morgan fingerprint density at radius 1 is 1.09 bits per heavy atom. The lowest BCUT2D eigenvalue weighted by Gasteiger charge is -2.47. The minimum Gasteiger partial charge on any atom is -0.505 e. The summed E-state index contributed by atoms with van der Waals surface area (Å²) in [7, 11) is 0. The Kier molecular flexibility index (Phi) is 4.82. The summed E-state index contributed by atoms with van der Waals surface area (Å²) in [6, 6.07) is 0. The summed E-state index contributed by atoms with van der Waals surface area (Å²) in [5.41, 5.74) is -2.62. The molecule has 1 unspecified atom stereocenters. The molecular weight excluding hydrogens is 320 g/mol. The Morgan fingerprint density at radius 3 is 2.13 bits per heavy atom. The molecule has 0 aromatic heterocycles. The third-order valence-electron chi connectivity index (χ3n) is 4.03. The van der Waals surface area contributed by atoms with Crippen LogP contribution in [0.3, 0.4) is 0 Å². The summed E-state index contributed by atoms with van der Waals surface area (Å²) in [5.74, 6) is -3.94. The highest BCUT2D eigenvalue weighted by Gasteiger charge is 2.65. The van der Waals surface area contributed by atoms with Crippen LogP contribution in [0.5, 0.6) is 0 Å². The number of esters is 1. The molecule has 0 aromatic carbocycles. The van der Waals surface area contributed by atoms with Crippen molar-refractivity contribution < 1.29 is 55.1 Å². The van der Waals surface area contributed by atoms with Crippen molar-refractivity contribution in [2.45, 2.75) is 42.2 Å². The fraction of sp³-hybridized carbons (Fsp3) is 0.750. The molecule has 23 heavy (non-hydrogen) atoms. The molecule has 11 heteroatoms. The van der Waals surface area contributed by atoms with E-state index in [1.807, 2.05) is 0 Å². The molecule has 0 saturated carbocycles. The average molecular weight is 338 g/mol. The van der Waals surface area contributed by atoms with E-state index in [1.165, 1.54) is 0 Å². The highest BCUT2D eigenvalue weighted by atomic mass is 16.6. The SMILES string of the molecule is O=C1O[C@](C2O[C@H](CO)[C@H](O)[C@H](O)[C@H]2O)([C@@H](O)CO)C(O)=C1O. The third-order valence-corrected chi connectivity index (χ3v) is 4.03. The number of hydrogen-bond acceptors (Lipinski definition) is 11. The number of hydrogen-bond donors (Lipinski definition) is 8. The fourth-order valence-electron chi connectivity index (χ4n) is 2.73. The zero-order chi connectivity index (χ0) is 17.5. The Bertz CT molecular complexity index is 503. The van der Waals surface area contributed by atoms with Crippen LogP contribution in [0.4, 0.5) is 0 Å². The van der Waals surface area contributed by atoms with Gasteiger partial charge in [0, 0.05) is 0 Å². The summed E-state index contributed by atoms with van der Waals surface area (Å²) >= 11 is 0. The van der Waals surface area contributed by atoms with Crippen LogP contribution in [0.1, 0.15) is 0 Å². The van der Waals surface area contributed by atoms with Crippen LogP contribution in [0.2, 0.25) is 0 Å². The van der Waals surface area contributed by atoms with E-state index in [-0.39, 0.29) is 0 Å². The Morgan fingerprint density at radius 2 is 1.70 bits per heavy atom. The van der Waals surface area contributed by atoms with E-state index in [9.17, 15) is 35.4 Å². The number of ether oxygens (including phenoxy) is 2. The van der Waals surface area contributed by atoms with Gasteiger partial charge < -0.3 is 50.3 Å². The van der Waals surface area contributed by atoms with Gasteiger partial charge in [-0.1, -0.05) is 0 Å². The average Bonchev–Trinajstić information content (AvgIpc) is 2.77. The quantitative estimate of drug-likeness (QED) is 0.231. The van der Waals surface area contributed by atoms with Crippen molar-refractivity contribution in [3.63, 3.8) is 0 Å². The van der Waals surface area contributed by atoms with Gasteiger partial charge in [-0.2, -0.15) is 0 Å². The zero-order valence-electron chi connectivity index (χ0n) is 11.7. The van der Waals surface area contributed by atoms with Crippen LogP contribution in [0.25, 0.3) is 0 Å². The van der Waals surface area contributed by atoms with Crippen LogP contribution >= 0.6 is 0 Å². The summed E-state index contributed by atoms with van der Waals surface area (Å²) in [4.78, 5) is 11.5. The van der Waals surface area contributed by atoms with Crippen LogP contribution in [0.15, 0.2) is 11.5 Å². The molecule has 11 nitrogen and oxygen atoms in total. The highest BCUT2D eigenvalue weighted by molar-refractivity contribution is 5.90. The third kappa shape index (κ3) is 2.46. The van der Waals surface area contributed by atoms with Gasteiger partial charge in [-0.15, -0.1) is 0 Å². The molecule has 2 heterocycles. The second-order valence-electron chi connectivity index (χ2n) is 5.33. The number of aliphatic hydroxyl groups excluding tert-OH is 8. The number of cyclic esters (lactones) is 1. The molecule has 0 bridgehead atoms. The first-order valence-corrected chi connectivity index (χ1v) is 6.67. The molecule has 1 fully saturated rings. The van der Waals surface area contributed by atoms with Crippen LogP contribution in [0, 0.1) is 0 Å². The summed E-state index contributed by atoms with van der Waals surface area (Å²) in [5, 5.41) is 77.3. The summed E-state index contributed by atoms with van der Waals surface area (Å²) in [6.07, 6.45) is -11.0. The van der Waals surface area contributed by atoms with Crippen molar-refractivity contribution in [1.29, 1.82) is 0 Å². The molecule has 132 valence electrons. The van der Waals surface area contributed by atoms with Crippen molar-refractivity contribution in [2.24, 2.45) is 0 Å². The van der Waals surface area contributed by atoms with Gasteiger partial charge in [-0.25, -0.2) is 4.79 Å². The van der Waals surface area contributed by atoms with Crippen molar-refractivity contribution >= 4 is 5.97 Å². The molecule has 8 N–H and O–H groups in total. The normalized spacial score (nSPS) is 42.7. The molecule has 7 atom stereocenters. The van der Waals surface area contributed by atoms with Gasteiger partial charge in [0.1, 0.15) is 36.6 Å². The second-order valence-corrected chi connectivity index (χ2v) is 5.33. The van der Waals surface area contributed by atoms with Gasteiger partial charge in [-0.05, 0) is 0 Å². The van der Waals surface area contributed by atoms with Gasteiger partial charge in [0.15, 0.2) is 5.76 Å². The number of rotatable bonds is 4.